The zero-order chi connectivity index (χ0) is 15.4. The Morgan fingerprint density at radius 1 is 1.52 bits per heavy atom. The van der Waals surface area contributed by atoms with Crippen molar-refractivity contribution in [3.63, 3.8) is 0 Å². The number of benzene rings is 1. The van der Waals surface area contributed by atoms with Crippen molar-refractivity contribution in [1.82, 2.24) is 4.90 Å². The van der Waals surface area contributed by atoms with Crippen LogP contribution in [0.2, 0.25) is 0 Å². The quantitative estimate of drug-likeness (QED) is 0.904. The Kier molecular flexibility index (Phi) is 5.34. The number of likely N-dealkylation sites (tertiary alicyclic amines) is 1. The third kappa shape index (κ3) is 4.53. The maximum Gasteiger partial charge on any atom is 0.303 e. The summed E-state index contributed by atoms with van der Waals surface area (Å²) in [5.41, 5.74) is 1.66. The van der Waals surface area contributed by atoms with E-state index in [1.54, 1.807) is 13.0 Å². The Morgan fingerprint density at radius 2 is 2.29 bits per heavy atom. The summed E-state index contributed by atoms with van der Waals surface area (Å²) in [7, 11) is 0. The molecule has 1 saturated heterocycles. The highest BCUT2D eigenvalue weighted by atomic mass is 19.1. The van der Waals surface area contributed by atoms with E-state index in [1.165, 1.54) is 0 Å². The lowest BCUT2D eigenvalue weighted by Crippen LogP contribution is -2.37. The van der Waals surface area contributed by atoms with Gasteiger partial charge in [0.1, 0.15) is 5.82 Å². The molecule has 0 bridgehead atoms. The molecule has 1 aliphatic rings. The first-order chi connectivity index (χ1) is 9.95. The number of hydrogen-bond donors (Lipinski definition) is 1. The topological polar surface area (TPSA) is 40.5 Å². The van der Waals surface area contributed by atoms with Crippen LogP contribution in [0.1, 0.15) is 37.3 Å². The average molecular weight is 293 g/mol. The molecule has 4 heteroatoms. The minimum atomic E-state index is -0.722. The molecule has 2 rings (SSSR count). The van der Waals surface area contributed by atoms with Gasteiger partial charge < -0.3 is 5.11 Å². The third-order valence-corrected chi connectivity index (χ3v) is 4.49. The predicted molar refractivity (Wildman–Crippen MR) is 80.6 cm³/mol. The highest BCUT2D eigenvalue weighted by molar-refractivity contribution is 5.67. The molecule has 0 aromatic heterocycles. The number of rotatable bonds is 5. The molecular weight excluding hydrogens is 269 g/mol. The van der Waals surface area contributed by atoms with Crippen LogP contribution >= 0.6 is 0 Å². The van der Waals surface area contributed by atoms with Crippen LogP contribution in [-0.4, -0.2) is 29.1 Å². The zero-order valence-corrected chi connectivity index (χ0v) is 12.8. The molecule has 1 N–H and O–H groups in total. The molecule has 0 aliphatic carbocycles. The van der Waals surface area contributed by atoms with E-state index in [4.69, 9.17) is 5.11 Å². The molecule has 1 aromatic rings. The molecule has 0 spiro atoms. The van der Waals surface area contributed by atoms with Crippen LogP contribution < -0.4 is 0 Å². The van der Waals surface area contributed by atoms with Gasteiger partial charge in [-0.3, -0.25) is 9.69 Å². The van der Waals surface area contributed by atoms with Crippen LogP contribution in [0.4, 0.5) is 4.39 Å². The minimum Gasteiger partial charge on any atom is -0.481 e. The molecule has 0 radical (unpaired) electrons. The Bertz CT molecular complexity index is 504. The van der Waals surface area contributed by atoms with Crippen molar-refractivity contribution in [1.29, 1.82) is 0 Å². The van der Waals surface area contributed by atoms with E-state index in [2.05, 4.69) is 4.90 Å². The summed E-state index contributed by atoms with van der Waals surface area (Å²) in [6, 6.07) is 5.40. The predicted octanol–water partition coefficient (Wildman–Crippen LogP) is 3.46. The second-order valence-corrected chi connectivity index (χ2v) is 6.30. The monoisotopic (exact) mass is 293 g/mol. The van der Waals surface area contributed by atoms with Gasteiger partial charge in [-0.25, -0.2) is 4.39 Å². The first-order valence-corrected chi connectivity index (χ1v) is 7.65. The van der Waals surface area contributed by atoms with Crippen LogP contribution in [0.5, 0.6) is 0 Å². The van der Waals surface area contributed by atoms with Crippen molar-refractivity contribution in [2.45, 2.75) is 39.7 Å². The molecule has 0 amide bonds. The van der Waals surface area contributed by atoms with Gasteiger partial charge in [-0.05, 0) is 55.3 Å². The van der Waals surface area contributed by atoms with Gasteiger partial charge in [-0.2, -0.15) is 0 Å². The van der Waals surface area contributed by atoms with Gasteiger partial charge in [0.25, 0.3) is 0 Å². The van der Waals surface area contributed by atoms with Crippen molar-refractivity contribution >= 4 is 5.97 Å². The Balaban J connectivity index is 1.94. The van der Waals surface area contributed by atoms with Crippen molar-refractivity contribution in [3.05, 3.63) is 35.1 Å². The van der Waals surface area contributed by atoms with E-state index in [0.29, 0.717) is 11.5 Å². The number of carbonyl (C=O) groups is 1. The van der Waals surface area contributed by atoms with Crippen molar-refractivity contribution in [2.75, 3.05) is 13.1 Å². The van der Waals surface area contributed by atoms with Crippen molar-refractivity contribution in [2.24, 2.45) is 11.8 Å². The second-order valence-electron chi connectivity index (χ2n) is 6.30. The molecule has 21 heavy (non-hydrogen) atoms. The Labute approximate surface area is 125 Å². The molecule has 1 aliphatic heterocycles. The normalized spacial score (nSPS) is 21.2. The summed E-state index contributed by atoms with van der Waals surface area (Å²) in [5.74, 6) is -0.259. The minimum absolute atomic E-state index is 0.152. The molecule has 1 heterocycles. The number of carboxylic acids is 1. The summed E-state index contributed by atoms with van der Waals surface area (Å²) in [6.45, 7) is 6.45. The van der Waals surface area contributed by atoms with E-state index in [9.17, 15) is 9.18 Å². The summed E-state index contributed by atoms with van der Waals surface area (Å²) < 4.78 is 13.6. The van der Waals surface area contributed by atoms with Gasteiger partial charge in [0, 0.05) is 19.5 Å². The van der Waals surface area contributed by atoms with Gasteiger partial charge >= 0.3 is 5.97 Å². The fourth-order valence-corrected chi connectivity index (χ4v) is 3.13. The number of piperidine rings is 1. The zero-order valence-electron chi connectivity index (χ0n) is 12.8. The van der Waals surface area contributed by atoms with Crippen LogP contribution in [0.3, 0.4) is 0 Å². The lowest BCUT2D eigenvalue weighted by atomic mass is 9.84. The molecule has 1 fully saturated rings. The second kappa shape index (κ2) is 7.03. The molecular formula is C17H24FNO2. The van der Waals surface area contributed by atoms with Gasteiger partial charge in [-0.15, -0.1) is 0 Å². The van der Waals surface area contributed by atoms with E-state index in [-0.39, 0.29) is 18.2 Å². The fraction of sp³-hybridized carbons (Fsp3) is 0.588. The average Bonchev–Trinajstić information content (AvgIpc) is 2.42. The Morgan fingerprint density at radius 3 is 2.95 bits per heavy atom. The number of aliphatic carboxylic acids is 1. The maximum absolute atomic E-state index is 13.6. The van der Waals surface area contributed by atoms with Crippen LogP contribution in [0, 0.1) is 24.6 Å². The molecule has 0 saturated carbocycles. The van der Waals surface area contributed by atoms with Crippen LogP contribution in [-0.2, 0) is 11.3 Å². The Hall–Kier alpha value is -1.42. The number of hydrogen-bond acceptors (Lipinski definition) is 2. The molecule has 116 valence electrons. The molecule has 1 aromatic carbocycles. The van der Waals surface area contributed by atoms with Crippen molar-refractivity contribution in [3.8, 4) is 0 Å². The number of nitrogens with zero attached hydrogens (tertiary/aromatic N) is 1. The summed E-state index contributed by atoms with van der Waals surface area (Å²) >= 11 is 0. The maximum atomic E-state index is 13.6. The summed E-state index contributed by atoms with van der Waals surface area (Å²) in [5, 5.41) is 8.92. The lowest BCUT2D eigenvalue weighted by Gasteiger charge is -2.35. The van der Waals surface area contributed by atoms with Crippen LogP contribution in [0.25, 0.3) is 0 Å². The third-order valence-electron chi connectivity index (χ3n) is 4.49. The lowest BCUT2D eigenvalue weighted by molar-refractivity contribution is -0.138. The van der Waals surface area contributed by atoms with Crippen molar-refractivity contribution < 1.29 is 14.3 Å². The first-order valence-electron chi connectivity index (χ1n) is 7.65. The largest absolute Gasteiger partial charge is 0.481 e. The highest BCUT2D eigenvalue weighted by Crippen LogP contribution is 2.27. The smallest absolute Gasteiger partial charge is 0.303 e. The van der Waals surface area contributed by atoms with E-state index < -0.39 is 5.97 Å². The summed E-state index contributed by atoms with van der Waals surface area (Å²) in [6.07, 6.45) is 2.41. The van der Waals surface area contributed by atoms with Gasteiger partial charge in [0.05, 0.1) is 0 Å². The molecule has 2 atom stereocenters. The van der Waals surface area contributed by atoms with Gasteiger partial charge in [-0.1, -0.05) is 19.1 Å². The fourth-order valence-electron chi connectivity index (χ4n) is 3.13. The van der Waals surface area contributed by atoms with Gasteiger partial charge in [0.15, 0.2) is 0 Å². The molecule has 3 nitrogen and oxygen atoms in total. The first kappa shape index (κ1) is 16.0. The number of halogens is 1. The summed E-state index contributed by atoms with van der Waals surface area (Å²) in [4.78, 5) is 13.2. The van der Waals surface area contributed by atoms with E-state index in [1.807, 2.05) is 19.1 Å². The van der Waals surface area contributed by atoms with Crippen LogP contribution in [0.15, 0.2) is 18.2 Å². The van der Waals surface area contributed by atoms with E-state index in [0.717, 1.165) is 38.0 Å². The number of aryl methyl sites for hydroxylation is 1. The molecule has 2 unspecified atom stereocenters. The van der Waals surface area contributed by atoms with E-state index >= 15 is 0 Å². The number of carboxylic acid groups (broad SMARTS) is 1. The van der Waals surface area contributed by atoms with Gasteiger partial charge in [0.2, 0.25) is 0 Å². The highest BCUT2D eigenvalue weighted by Gasteiger charge is 2.26. The SMILES string of the molecule is Cc1ccc(CN2CCCC(C(C)CC(=O)O)C2)cc1F. The standard InChI is InChI=1S/C17H24FNO2/c1-12-5-6-14(9-16(12)18)10-19-7-3-4-15(11-19)13(2)8-17(20)21/h5-6,9,13,15H,3-4,7-8,10-11H2,1-2H3,(H,20,21).